The number of aryl methyl sites for hydroxylation is 1. The van der Waals surface area contributed by atoms with Crippen LogP contribution in [0, 0.1) is 11.6 Å². The second-order valence-corrected chi connectivity index (χ2v) is 5.17. The molecule has 122 valence electrons. The van der Waals surface area contributed by atoms with E-state index in [1.54, 1.807) is 24.3 Å². The fraction of sp³-hybridized carbons (Fsp3) is 0.118. The molecule has 2 N–H and O–H groups in total. The molecule has 0 fully saturated rings. The number of fused-ring (bicyclic) bond motifs is 1. The summed E-state index contributed by atoms with van der Waals surface area (Å²) in [5, 5.41) is 2.65. The van der Waals surface area contributed by atoms with E-state index in [-0.39, 0.29) is 18.4 Å². The molecule has 3 aromatic rings. The molecule has 0 radical (unpaired) electrons. The number of amides is 1. The summed E-state index contributed by atoms with van der Waals surface area (Å²) in [5.74, 6) is -1.93. The number of para-hydroxylation sites is 2. The van der Waals surface area contributed by atoms with E-state index in [0.717, 1.165) is 12.1 Å². The Morgan fingerprint density at radius 3 is 2.54 bits per heavy atom. The monoisotopic (exact) mass is 329 g/mol. The first-order valence-electron chi connectivity index (χ1n) is 7.26. The van der Waals surface area contributed by atoms with Crippen molar-refractivity contribution in [2.45, 2.75) is 12.8 Å². The molecule has 1 aromatic heterocycles. The fourth-order valence-electron chi connectivity index (χ4n) is 2.30. The molecule has 0 aliphatic carbocycles. The van der Waals surface area contributed by atoms with Crippen LogP contribution in [0.4, 0.5) is 14.5 Å². The number of aromatic amines is 1. The summed E-state index contributed by atoms with van der Waals surface area (Å²) in [6, 6.07) is 10.2. The topological polar surface area (TPSA) is 74.8 Å². The third kappa shape index (κ3) is 3.29. The van der Waals surface area contributed by atoms with Crippen LogP contribution in [0.2, 0.25) is 0 Å². The van der Waals surface area contributed by atoms with Crippen LogP contribution in [-0.4, -0.2) is 15.9 Å². The molecule has 5 nitrogen and oxygen atoms in total. The van der Waals surface area contributed by atoms with Crippen LogP contribution in [0.3, 0.4) is 0 Å². The molecular formula is C17H13F2N3O2. The minimum Gasteiger partial charge on any atom is -0.321 e. The predicted molar refractivity (Wildman–Crippen MR) is 85.7 cm³/mol. The lowest BCUT2D eigenvalue weighted by molar-refractivity contribution is -0.116. The molecule has 0 spiro atoms. The van der Waals surface area contributed by atoms with Gasteiger partial charge in [0.1, 0.15) is 23.1 Å². The maximum absolute atomic E-state index is 13.5. The van der Waals surface area contributed by atoms with Crippen LogP contribution in [-0.2, 0) is 11.2 Å². The summed E-state index contributed by atoms with van der Waals surface area (Å²) in [6.07, 6.45) is 0.0665. The van der Waals surface area contributed by atoms with Gasteiger partial charge in [0.2, 0.25) is 5.91 Å². The van der Waals surface area contributed by atoms with Gasteiger partial charge in [0.05, 0.1) is 10.9 Å². The first-order valence-corrected chi connectivity index (χ1v) is 7.26. The average Bonchev–Trinajstić information content (AvgIpc) is 2.56. The van der Waals surface area contributed by atoms with E-state index in [0.29, 0.717) is 16.7 Å². The van der Waals surface area contributed by atoms with E-state index in [4.69, 9.17) is 0 Å². The standard InChI is InChI=1S/C17H13F2N3O2/c18-11-5-3-6-12(19)16(11)22-15(23)9-8-14-20-13-7-2-1-4-10(13)17(24)21-14/h1-7H,8-9H2,(H,22,23)(H,20,21,24). The van der Waals surface area contributed by atoms with Crippen molar-refractivity contribution < 1.29 is 13.6 Å². The number of hydrogen-bond donors (Lipinski definition) is 2. The number of nitrogens with one attached hydrogen (secondary N) is 2. The van der Waals surface area contributed by atoms with Crippen LogP contribution in [0.1, 0.15) is 12.2 Å². The Kier molecular flexibility index (Phi) is 4.33. The van der Waals surface area contributed by atoms with E-state index < -0.39 is 23.2 Å². The van der Waals surface area contributed by atoms with E-state index in [9.17, 15) is 18.4 Å². The van der Waals surface area contributed by atoms with Gasteiger partial charge in [0.25, 0.3) is 5.56 Å². The van der Waals surface area contributed by atoms with Gasteiger partial charge < -0.3 is 10.3 Å². The summed E-state index contributed by atoms with van der Waals surface area (Å²) < 4.78 is 27.0. The summed E-state index contributed by atoms with van der Waals surface area (Å²) in [5.41, 5.74) is -0.254. The van der Waals surface area contributed by atoms with Crippen molar-refractivity contribution in [3.05, 3.63) is 70.3 Å². The maximum atomic E-state index is 13.5. The first kappa shape index (κ1) is 15.8. The zero-order valence-corrected chi connectivity index (χ0v) is 12.5. The molecule has 0 bridgehead atoms. The van der Waals surface area contributed by atoms with Gasteiger partial charge in [-0.15, -0.1) is 0 Å². The molecule has 0 atom stereocenters. The van der Waals surface area contributed by atoms with Gasteiger partial charge in [0.15, 0.2) is 0 Å². The Hall–Kier alpha value is -3.09. The maximum Gasteiger partial charge on any atom is 0.258 e. The van der Waals surface area contributed by atoms with Gasteiger partial charge in [-0.2, -0.15) is 0 Å². The van der Waals surface area contributed by atoms with Crippen molar-refractivity contribution in [1.82, 2.24) is 9.97 Å². The van der Waals surface area contributed by atoms with Gasteiger partial charge in [-0.3, -0.25) is 9.59 Å². The summed E-state index contributed by atoms with van der Waals surface area (Å²) in [6.45, 7) is 0. The quantitative estimate of drug-likeness (QED) is 0.773. The molecule has 3 rings (SSSR count). The molecule has 2 aromatic carbocycles. The normalized spacial score (nSPS) is 10.8. The zero-order chi connectivity index (χ0) is 17.1. The highest BCUT2D eigenvalue weighted by molar-refractivity contribution is 5.91. The van der Waals surface area contributed by atoms with Crippen molar-refractivity contribution in [2.24, 2.45) is 0 Å². The largest absolute Gasteiger partial charge is 0.321 e. The fourth-order valence-corrected chi connectivity index (χ4v) is 2.30. The van der Waals surface area contributed by atoms with E-state index in [1.165, 1.54) is 6.07 Å². The Morgan fingerprint density at radius 1 is 1.08 bits per heavy atom. The van der Waals surface area contributed by atoms with Crippen molar-refractivity contribution in [2.75, 3.05) is 5.32 Å². The minimum atomic E-state index is -0.847. The smallest absolute Gasteiger partial charge is 0.258 e. The van der Waals surface area contributed by atoms with Crippen LogP contribution in [0.25, 0.3) is 10.9 Å². The average molecular weight is 329 g/mol. The predicted octanol–water partition coefficient (Wildman–Crippen LogP) is 2.77. The molecule has 7 heteroatoms. The molecule has 1 amide bonds. The lowest BCUT2D eigenvalue weighted by Crippen LogP contribution is -2.17. The summed E-state index contributed by atoms with van der Waals surface area (Å²) in [7, 11) is 0. The number of aromatic nitrogens is 2. The first-order chi connectivity index (χ1) is 11.5. The van der Waals surface area contributed by atoms with Crippen molar-refractivity contribution in [3.63, 3.8) is 0 Å². The number of rotatable bonds is 4. The van der Waals surface area contributed by atoms with Crippen molar-refractivity contribution in [1.29, 1.82) is 0 Å². The highest BCUT2D eigenvalue weighted by Gasteiger charge is 2.12. The van der Waals surface area contributed by atoms with E-state index >= 15 is 0 Å². The Morgan fingerprint density at radius 2 is 1.79 bits per heavy atom. The lowest BCUT2D eigenvalue weighted by atomic mass is 10.2. The van der Waals surface area contributed by atoms with Crippen LogP contribution < -0.4 is 10.9 Å². The molecule has 0 unspecified atom stereocenters. The van der Waals surface area contributed by atoms with Crippen molar-refractivity contribution in [3.8, 4) is 0 Å². The van der Waals surface area contributed by atoms with Crippen LogP contribution in [0.5, 0.6) is 0 Å². The number of nitrogens with zero attached hydrogens (tertiary/aromatic N) is 1. The Balaban J connectivity index is 1.72. The summed E-state index contributed by atoms with van der Waals surface area (Å²) in [4.78, 5) is 30.7. The summed E-state index contributed by atoms with van der Waals surface area (Å²) >= 11 is 0. The number of carbonyl (C=O) groups excluding carboxylic acids is 1. The molecular weight excluding hydrogens is 316 g/mol. The second kappa shape index (κ2) is 6.57. The highest BCUT2D eigenvalue weighted by Crippen LogP contribution is 2.18. The Bertz CT molecular complexity index is 949. The third-order valence-corrected chi connectivity index (χ3v) is 3.48. The van der Waals surface area contributed by atoms with E-state index in [1.807, 2.05) is 0 Å². The van der Waals surface area contributed by atoms with Crippen LogP contribution in [0.15, 0.2) is 47.3 Å². The minimum absolute atomic E-state index is 0.0744. The highest BCUT2D eigenvalue weighted by atomic mass is 19.1. The molecule has 1 heterocycles. The number of carbonyl (C=O) groups is 1. The van der Waals surface area contributed by atoms with Gasteiger partial charge >= 0.3 is 0 Å². The molecule has 0 aliphatic heterocycles. The third-order valence-electron chi connectivity index (χ3n) is 3.48. The number of anilines is 1. The number of H-pyrrole nitrogens is 1. The zero-order valence-electron chi connectivity index (χ0n) is 12.5. The van der Waals surface area contributed by atoms with E-state index in [2.05, 4.69) is 15.3 Å². The lowest BCUT2D eigenvalue weighted by Gasteiger charge is -2.07. The molecule has 0 saturated carbocycles. The molecule has 0 aliphatic rings. The van der Waals surface area contributed by atoms with Gasteiger partial charge in [-0.25, -0.2) is 13.8 Å². The van der Waals surface area contributed by atoms with Crippen LogP contribution >= 0.6 is 0 Å². The van der Waals surface area contributed by atoms with Gasteiger partial charge in [0, 0.05) is 12.8 Å². The van der Waals surface area contributed by atoms with Gasteiger partial charge in [-0.05, 0) is 24.3 Å². The SMILES string of the molecule is O=C(CCc1nc2ccccc2c(=O)[nH]1)Nc1c(F)cccc1F. The molecule has 24 heavy (non-hydrogen) atoms. The molecule has 0 saturated heterocycles. The van der Waals surface area contributed by atoms with Crippen molar-refractivity contribution >= 4 is 22.5 Å². The Labute approximate surface area is 135 Å². The second-order valence-electron chi connectivity index (χ2n) is 5.17. The number of hydrogen-bond acceptors (Lipinski definition) is 3. The van der Waals surface area contributed by atoms with Gasteiger partial charge in [-0.1, -0.05) is 18.2 Å². The number of benzene rings is 2. The number of halogens is 2.